The lowest BCUT2D eigenvalue weighted by Gasteiger charge is -2.27. The molecule has 0 bridgehead atoms. The van der Waals surface area contributed by atoms with Crippen LogP contribution in [0, 0.1) is 5.92 Å². The number of hydrogen-bond acceptors (Lipinski definition) is 5. The fraction of sp³-hybridized carbons (Fsp3) is 0.500. The Bertz CT molecular complexity index is 732. The maximum Gasteiger partial charge on any atom is 0.330 e. The number of carbonyl (C=O) groups is 4. The topological polar surface area (TPSA) is 92.8 Å². The molecular weight excluding hydrogens is 348 g/mol. The van der Waals surface area contributed by atoms with Crippen LogP contribution in [0.15, 0.2) is 24.3 Å². The molecule has 1 atom stereocenters. The normalized spacial score (nSPS) is 18.0. The van der Waals surface area contributed by atoms with E-state index in [-0.39, 0.29) is 29.0 Å². The minimum Gasteiger partial charge on any atom is -0.454 e. The number of nitrogens with one attached hydrogen (secondary N) is 1. The summed E-state index contributed by atoms with van der Waals surface area (Å²) in [5, 5.41) is 2.84. The quantitative estimate of drug-likeness (QED) is 0.608. The second-order valence-corrected chi connectivity index (χ2v) is 7.37. The van der Waals surface area contributed by atoms with Gasteiger partial charge in [-0.05, 0) is 30.9 Å². The number of fused-ring (bicyclic) bond motifs is 1. The first-order valence-electron chi connectivity index (χ1n) is 9.33. The van der Waals surface area contributed by atoms with Crippen molar-refractivity contribution in [1.29, 1.82) is 0 Å². The first-order valence-corrected chi connectivity index (χ1v) is 9.33. The van der Waals surface area contributed by atoms with Crippen LogP contribution in [-0.2, 0) is 14.3 Å². The first kappa shape index (κ1) is 19.1. The van der Waals surface area contributed by atoms with Gasteiger partial charge in [0.2, 0.25) is 0 Å². The predicted molar refractivity (Wildman–Crippen MR) is 96.9 cm³/mol. The summed E-state index contributed by atoms with van der Waals surface area (Å²) in [6, 6.07) is 5.53. The number of hydrogen-bond donors (Lipinski definition) is 1. The zero-order valence-corrected chi connectivity index (χ0v) is 15.6. The lowest BCUT2D eigenvalue weighted by atomic mass is 10.0. The molecule has 1 N–H and O–H groups in total. The van der Waals surface area contributed by atoms with Crippen LogP contribution in [0.3, 0.4) is 0 Å². The van der Waals surface area contributed by atoms with Gasteiger partial charge in [0.15, 0.2) is 6.61 Å². The largest absolute Gasteiger partial charge is 0.454 e. The van der Waals surface area contributed by atoms with Crippen molar-refractivity contribution < 1.29 is 23.9 Å². The van der Waals surface area contributed by atoms with Gasteiger partial charge in [0.25, 0.3) is 17.7 Å². The zero-order valence-electron chi connectivity index (χ0n) is 15.6. The highest BCUT2D eigenvalue weighted by atomic mass is 16.5. The number of ether oxygens (including phenoxy) is 1. The summed E-state index contributed by atoms with van der Waals surface area (Å²) in [7, 11) is 0. The molecule has 1 heterocycles. The lowest BCUT2D eigenvalue weighted by molar-refractivity contribution is -0.153. The van der Waals surface area contributed by atoms with Crippen molar-refractivity contribution in [3.63, 3.8) is 0 Å². The summed E-state index contributed by atoms with van der Waals surface area (Å²) in [6.07, 6.45) is 4.03. The average Bonchev–Trinajstić information content (AvgIpc) is 3.23. The van der Waals surface area contributed by atoms with Gasteiger partial charge < -0.3 is 10.1 Å². The molecular formula is C20H24N2O5. The maximum absolute atomic E-state index is 12.6. The molecule has 0 saturated heterocycles. The summed E-state index contributed by atoms with van der Waals surface area (Å²) in [4.78, 5) is 50.8. The first-order chi connectivity index (χ1) is 12.9. The van der Waals surface area contributed by atoms with E-state index >= 15 is 0 Å². The number of rotatable bonds is 6. The SMILES string of the molecule is CC(C)[C@@H](C(=O)OCC(=O)NC1CCCC1)N1C(=O)c2ccccc2C1=O. The molecule has 0 spiro atoms. The highest BCUT2D eigenvalue weighted by molar-refractivity contribution is 6.22. The van der Waals surface area contributed by atoms with Gasteiger partial charge in [-0.1, -0.05) is 38.8 Å². The lowest BCUT2D eigenvalue weighted by Crippen LogP contribution is -2.49. The van der Waals surface area contributed by atoms with Gasteiger partial charge in [-0.2, -0.15) is 0 Å². The number of benzene rings is 1. The average molecular weight is 372 g/mol. The van der Waals surface area contributed by atoms with Crippen LogP contribution in [0.25, 0.3) is 0 Å². The van der Waals surface area contributed by atoms with Gasteiger partial charge in [-0.25, -0.2) is 4.79 Å². The van der Waals surface area contributed by atoms with Crippen molar-refractivity contribution in [3.05, 3.63) is 35.4 Å². The summed E-state index contributed by atoms with van der Waals surface area (Å²) in [6.45, 7) is 3.05. The Morgan fingerprint density at radius 2 is 1.67 bits per heavy atom. The van der Waals surface area contributed by atoms with Gasteiger partial charge >= 0.3 is 5.97 Å². The highest BCUT2D eigenvalue weighted by Gasteiger charge is 2.44. The Kier molecular flexibility index (Phi) is 5.58. The Morgan fingerprint density at radius 3 is 2.19 bits per heavy atom. The Morgan fingerprint density at radius 1 is 1.11 bits per heavy atom. The van der Waals surface area contributed by atoms with Gasteiger partial charge in [-0.3, -0.25) is 19.3 Å². The molecule has 3 rings (SSSR count). The molecule has 1 aliphatic heterocycles. The molecule has 7 heteroatoms. The van der Waals surface area contributed by atoms with Crippen molar-refractivity contribution in [2.75, 3.05) is 6.61 Å². The molecule has 27 heavy (non-hydrogen) atoms. The van der Waals surface area contributed by atoms with Crippen LogP contribution in [0.2, 0.25) is 0 Å². The number of nitrogens with zero attached hydrogens (tertiary/aromatic N) is 1. The predicted octanol–water partition coefficient (Wildman–Crippen LogP) is 1.91. The van der Waals surface area contributed by atoms with Crippen LogP contribution < -0.4 is 5.32 Å². The van der Waals surface area contributed by atoms with Crippen molar-refractivity contribution in [2.45, 2.75) is 51.6 Å². The Balaban J connectivity index is 1.67. The maximum atomic E-state index is 12.6. The van der Waals surface area contributed by atoms with Crippen molar-refractivity contribution in [3.8, 4) is 0 Å². The summed E-state index contributed by atoms with van der Waals surface area (Å²) in [5.41, 5.74) is 0.555. The zero-order chi connectivity index (χ0) is 19.6. The van der Waals surface area contributed by atoms with Crippen LogP contribution in [0.5, 0.6) is 0 Å². The molecule has 1 aliphatic carbocycles. The number of carbonyl (C=O) groups excluding carboxylic acids is 4. The Hall–Kier alpha value is -2.70. The van der Waals surface area contributed by atoms with E-state index in [4.69, 9.17) is 4.74 Å². The number of amides is 3. The van der Waals surface area contributed by atoms with E-state index in [9.17, 15) is 19.2 Å². The van der Waals surface area contributed by atoms with Gasteiger partial charge in [0, 0.05) is 6.04 Å². The molecule has 7 nitrogen and oxygen atoms in total. The molecule has 0 radical (unpaired) electrons. The molecule has 3 amide bonds. The fourth-order valence-corrected chi connectivity index (χ4v) is 3.70. The van der Waals surface area contributed by atoms with Gasteiger partial charge in [0.1, 0.15) is 6.04 Å². The monoisotopic (exact) mass is 372 g/mol. The number of esters is 1. The van der Waals surface area contributed by atoms with E-state index < -0.39 is 30.4 Å². The van der Waals surface area contributed by atoms with Crippen LogP contribution in [0.4, 0.5) is 0 Å². The molecule has 1 saturated carbocycles. The van der Waals surface area contributed by atoms with E-state index in [2.05, 4.69) is 5.32 Å². The molecule has 1 aromatic rings. The molecule has 1 fully saturated rings. The summed E-state index contributed by atoms with van der Waals surface area (Å²) >= 11 is 0. The standard InChI is InChI=1S/C20H24N2O5/c1-12(2)17(20(26)27-11-16(23)21-13-7-3-4-8-13)22-18(24)14-9-5-6-10-15(14)19(22)25/h5-6,9-10,12-13,17H,3-4,7-8,11H2,1-2H3,(H,21,23)/t17-/m0/s1. The molecule has 2 aliphatic rings. The molecule has 0 aromatic heterocycles. The minimum absolute atomic E-state index is 0.133. The second-order valence-electron chi connectivity index (χ2n) is 7.37. The minimum atomic E-state index is -1.07. The van der Waals surface area contributed by atoms with E-state index in [0.29, 0.717) is 0 Å². The third-order valence-electron chi connectivity index (χ3n) is 5.04. The van der Waals surface area contributed by atoms with Crippen molar-refractivity contribution >= 4 is 23.7 Å². The van der Waals surface area contributed by atoms with E-state index in [0.717, 1.165) is 30.6 Å². The number of imide groups is 1. The third-order valence-corrected chi connectivity index (χ3v) is 5.04. The van der Waals surface area contributed by atoms with Crippen LogP contribution >= 0.6 is 0 Å². The van der Waals surface area contributed by atoms with Crippen molar-refractivity contribution in [2.24, 2.45) is 5.92 Å². The van der Waals surface area contributed by atoms with E-state index in [1.807, 2.05) is 0 Å². The van der Waals surface area contributed by atoms with Crippen molar-refractivity contribution in [1.82, 2.24) is 10.2 Å². The van der Waals surface area contributed by atoms with Gasteiger partial charge in [0.05, 0.1) is 11.1 Å². The smallest absolute Gasteiger partial charge is 0.330 e. The van der Waals surface area contributed by atoms with E-state index in [1.165, 1.54) is 0 Å². The van der Waals surface area contributed by atoms with E-state index in [1.54, 1.807) is 38.1 Å². The fourth-order valence-electron chi connectivity index (χ4n) is 3.70. The third kappa shape index (κ3) is 3.86. The second kappa shape index (κ2) is 7.90. The van der Waals surface area contributed by atoms with Gasteiger partial charge in [-0.15, -0.1) is 0 Å². The highest BCUT2D eigenvalue weighted by Crippen LogP contribution is 2.27. The summed E-state index contributed by atoms with van der Waals surface area (Å²) in [5.74, 6) is -2.48. The molecule has 144 valence electrons. The van der Waals surface area contributed by atoms with Crippen LogP contribution in [0.1, 0.15) is 60.2 Å². The molecule has 1 aromatic carbocycles. The Labute approximate surface area is 158 Å². The summed E-state index contributed by atoms with van der Waals surface area (Å²) < 4.78 is 5.15. The van der Waals surface area contributed by atoms with Crippen LogP contribution in [-0.4, -0.2) is 47.3 Å². The molecule has 0 unspecified atom stereocenters.